The Morgan fingerprint density at radius 2 is 2.17 bits per heavy atom. The van der Waals surface area contributed by atoms with E-state index in [9.17, 15) is 4.79 Å². The van der Waals surface area contributed by atoms with Gasteiger partial charge in [-0.2, -0.15) is 0 Å². The van der Waals surface area contributed by atoms with Crippen molar-refractivity contribution in [3.05, 3.63) is 24.3 Å². The lowest BCUT2D eigenvalue weighted by Gasteiger charge is -2.23. The van der Waals surface area contributed by atoms with Gasteiger partial charge in [0.05, 0.1) is 6.54 Å². The molecule has 1 saturated carbocycles. The van der Waals surface area contributed by atoms with E-state index < -0.39 is 0 Å². The molecule has 1 fully saturated rings. The van der Waals surface area contributed by atoms with Crippen LogP contribution >= 0.6 is 0 Å². The summed E-state index contributed by atoms with van der Waals surface area (Å²) in [6, 6.07) is 7.83. The number of likely N-dealkylation sites (N-methyl/N-ethyl adjacent to an activating group) is 1. The molecule has 2 rings (SSSR count). The molecule has 1 aliphatic carbocycles. The number of nitrogens with zero attached hydrogens (tertiary/aromatic N) is 1. The quantitative estimate of drug-likeness (QED) is 0.801. The highest BCUT2D eigenvalue weighted by Gasteiger charge is 2.21. The normalized spacial score (nSPS) is 16.1. The van der Waals surface area contributed by atoms with Crippen molar-refractivity contribution >= 4 is 17.3 Å². The lowest BCUT2D eigenvalue weighted by atomic mass is 10.2. The molecule has 98 valence electrons. The molecule has 0 bridgehead atoms. The van der Waals surface area contributed by atoms with E-state index in [1.807, 2.05) is 19.2 Å². The second kappa shape index (κ2) is 5.87. The van der Waals surface area contributed by atoms with E-state index >= 15 is 0 Å². The van der Waals surface area contributed by atoms with Crippen molar-refractivity contribution in [2.24, 2.45) is 0 Å². The Bertz CT molecular complexity index is 413. The Labute approximate surface area is 108 Å². The molecule has 0 unspecified atom stereocenters. The highest BCUT2D eigenvalue weighted by atomic mass is 16.2. The molecule has 0 atom stereocenters. The number of hydrogen-bond acceptors (Lipinski definition) is 3. The number of anilines is 2. The fraction of sp³-hybridized carbons (Fsp3) is 0.500. The molecule has 4 nitrogen and oxygen atoms in total. The minimum atomic E-state index is 0.0231. The first-order valence-electron chi connectivity index (χ1n) is 6.51. The van der Waals surface area contributed by atoms with Crippen LogP contribution in [0.1, 0.15) is 25.7 Å². The van der Waals surface area contributed by atoms with E-state index in [2.05, 4.69) is 10.2 Å². The molecule has 0 aromatic heterocycles. The summed E-state index contributed by atoms with van der Waals surface area (Å²) in [4.78, 5) is 14.0. The summed E-state index contributed by atoms with van der Waals surface area (Å²) in [5.74, 6) is 0.0231. The van der Waals surface area contributed by atoms with Gasteiger partial charge in [0.15, 0.2) is 0 Å². The summed E-state index contributed by atoms with van der Waals surface area (Å²) in [6.45, 7) is 0.444. The number of carbonyl (C=O) groups is 1. The number of benzene rings is 1. The third-order valence-electron chi connectivity index (χ3n) is 3.51. The van der Waals surface area contributed by atoms with Crippen molar-refractivity contribution < 1.29 is 4.79 Å². The molecule has 0 aliphatic heterocycles. The van der Waals surface area contributed by atoms with Crippen molar-refractivity contribution in [3.8, 4) is 0 Å². The largest absolute Gasteiger partial charge is 0.399 e. The van der Waals surface area contributed by atoms with Gasteiger partial charge in [-0.25, -0.2) is 0 Å². The molecule has 18 heavy (non-hydrogen) atoms. The summed E-state index contributed by atoms with van der Waals surface area (Å²) in [6.07, 6.45) is 4.99. The third-order valence-corrected chi connectivity index (χ3v) is 3.51. The fourth-order valence-electron chi connectivity index (χ4n) is 2.52. The van der Waals surface area contributed by atoms with Crippen LogP contribution in [-0.2, 0) is 4.79 Å². The molecular weight excluding hydrogens is 226 g/mol. The Hall–Kier alpha value is -1.55. The number of nitrogens with two attached hydrogens (primary N) is 1. The second-order valence-electron chi connectivity index (χ2n) is 5.03. The van der Waals surface area contributed by atoms with Crippen molar-refractivity contribution in [3.63, 3.8) is 0 Å². The average molecular weight is 247 g/mol. The Morgan fingerprint density at radius 3 is 2.83 bits per heavy atom. The summed E-state index contributed by atoms with van der Waals surface area (Å²) in [5, 5.41) is 2.88. The summed E-state index contributed by atoms with van der Waals surface area (Å²) in [5.41, 5.74) is 7.10. The van der Waals surface area contributed by atoms with Crippen molar-refractivity contribution in [1.82, 2.24) is 4.90 Å². The Kier molecular flexibility index (Phi) is 4.20. The maximum absolute atomic E-state index is 11.9. The first-order chi connectivity index (χ1) is 8.65. The topological polar surface area (TPSA) is 58.4 Å². The number of nitrogen functional groups attached to an aromatic ring is 1. The SMILES string of the molecule is CN(CC(=O)Nc1cccc(N)c1)C1CCCC1. The zero-order valence-electron chi connectivity index (χ0n) is 10.9. The van der Waals surface area contributed by atoms with Crippen LogP contribution in [-0.4, -0.2) is 30.4 Å². The number of hydrogen-bond donors (Lipinski definition) is 2. The Balaban J connectivity index is 1.84. The third kappa shape index (κ3) is 3.47. The maximum atomic E-state index is 11.9. The van der Waals surface area contributed by atoms with Gasteiger partial charge in [0, 0.05) is 17.4 Å². The van der Waals surface area contributed by atoms with Crippen molar-refractivity contribution in [2.75, 3.05) is 24.6 Å². The molecule has 4 heteroatoms. The van der Waals surface area contributed by atoms with Crippen LogP contribution in [0.3, 0.4) is 0 Å². The van der Waals surface area contributed by atoms with Crippen LogP contribution in [0.25, 0.3) is 0 Å². The van der Waals surface area contributed by atoms with Crippen LogP contribution in [0.4, 0.5) is 11.4 Å². The lowest BCUT2D eigenvalue weighted by molar-refractivity contribution is -0.117. The first-order valence-corrected chi connectivity index (χ1v) is 6.51. The van der Waals surface area contributed by atoms with Gasteiger partial charge in [-0.3, -0.25) is 9.69 Å². The van der Waals surface area contributed by atoms with Gasteiger partial charge >= 0.3 is 0 Å². The van der Waals surface area contributed by atoms with Gasteiger partial charge < -0.3 is 11.1 Å². The Morgan fingerprint density at radius 1 is 1.44 bits per heavy atom. The number of carbonyl (C=O) groups excluding carboxylic acids is 1. The predicted molar refractivity (Wildman–Crippen MR) is 74.4 cm³/mol. The van der Waals surface area contributed by atoms with Crippen LogP contribution in [0.15, 0.2) is 24.3 Å². The highest BCUT2D eigenvalue weighted by molar-refractivity contribution is 5.92. The minimum Gasteiger partial charge on any atom is -0.399 e. The lowest BCUT2D eigenvalue weighted by Crippen LogP contribution is -2.36. The summed E-state index contributed by atoms with van der Waals surface area (Å²) >= 11 is 0. The first kappa shape index (κ1) is 12.9. The molecule has 1 aromatic carbocycles. The van der Waals surface area contributed by atoms with E-state index in [0.29, 0.717) is 18.3 Å². The zero-order valence-corrected chi connectivity index (χ0v) is 10.9. The van der Waals surface area contributed by atoms with E-state index in [-0.39, 0.29) is 5.91 Å². The molecule has 0 saturated heterocycles. The number of rotatable bonds is 4. The van der Waals surface area contributed by atoms with E-state index in [0.717, 1.165) is 5.69 Å². The van der Waals surface area contributed by atoms with Crippen LogP contribution in [0.2, 0.25) is 0 Å². The number of amides is 1. The molecule has 0 spiro atoms. The molecule has 0 radical (unpaired) electrons. The van der Waals surface area contributed by atoms with Crippen LogP contribution in [0.5, 0.6) is 0 Å². The summed E-state index contributed by atoms with van der Waals surface area (Å²) < 4.78 is 0. The van der Waals surface area contributed by atoms with Gasteiger partial charge in [0.25, 0.3) is 0 Å². The van der Waals surface area contributed by atoms with Gasteiger partial charge in [0.2, 0.25) is 5.91 Å². The van der Waals surface area contributed by atoms with Crippen molar-refractivity contribution in [1.29, 1.82) is 0 Å². The van der Waals surface area contributed by atoms with Gasteiger partial charge in [0.1, 0.15) is 0 Å². The maximum Gasteiger partial charge on any atom is 0.238 e. The van der Waals surface area contributed by atoms with Crippen LogP contribution < -0.4 is 11.1 Å². The van der Waals surface area contributed by atoms with Crippen LogP contribution in [0, 0.1) is 0 Å². The van der Waals surface area contributed by atoms with Gasteiger partial charge in [-0.15, -0.1) is 0 Å². The minimum absolute atomic E-state index is 0.0231. The predicted octanol–water partition coefficient (Wildman–Crippen LogP) is 2.08. The number of nitrogens with one attached hydrogen (secondary N) is 1. The van der Waals surface area contributed by atoms with E-state index in [4.69, 9.17) is 5.73 Å². The van der Waals surface area contributed by atoms with E-state index in [1.54, 1.807) is 12.1 Å². The monoisotopic (exact) mass is 247 g/mol. The molecule has 1 aliphatic rings. The van der Waals surface area contributed by atoms with Gasteiger partial charge in [-0.05, 0) is 38.1 Å². The standard InChI is InChI=1S/C14H21N3O/c1-17(13-7-2-3-8-13)10-14(18)16-12-6-4-5-11(15)9-12/h4-6,9,13H,2-3,7-8,10,15H2,1H3,(H,16,18). The molecular formula is C14H21N3O. The molecule has 1 amide bonds. The van der Waals surface area contributed by atoms with E-state index in [1.165, 1.54) is 25.7 Å². The molecule has 3 N–H and O–H groups in total. The zero-order chi connectivity index (χ0) is 13.0. The smallest absolute Gasteiger partial charge is 0.238 e. The highest BCUT2D eigenvalue weighted by Crippen LogP contribution is 2.22. The fourth-order valence-corrected chi connectivity index (χ4v) is 2.52. The second-order valence-corrected chi connectivity index (χ2v) is 5.03. The van der Waals surface area contributed by atoms with Crippen molar-refractivity contribution in [2.45, 2.75) is 31.7 Å². The van der Waals surface area contributed by atoms with Gasteiger partial charge in [-0.1, -0.05) is 18.9 Å². The molecule has 1 aromatic rings. The molecule has 0 heterocycles. The summed E-state index contributed by atoms with van der Waals surface area (Å²) in [7, 11) is 2.02. The average Bonchev–Trinajstić information content (AvgIpc) is 2.81.